The summed E-state index contributed by atoms with van der Waals surface area (Å²) in [6.07, 6.45) is 5.58. The van der Waals surface area contributed by atoms with Crippen molar-refractivity contribution in [1.29, 1.82) is 0 Å². The first-order chi connectivity index (χ1) is 12.5. The van der Waals surface area contributed by atoms with Gasteiger partial charge in [-0.15, -0.1) is 0 Å². The Morgan fingerprint density at radius 2 is 2.08 bits per heavy atom. The summed E-state index contributed by atoms with van der Waals surface area (Å²) in [5.41, 5.74) is 1.68. The van der Waals surface area contributed by atoms with E-state index >= 15 is 0 Å². The van der Waals surface area contributed by atoms with Crippen molar-refractivity contribution in [2.24, 2.45) is 5.92 Å². The number of nitrogens with zero attached hydrogens (tertiary/aromatic N) is 6. The molecule has 8 nitrogen and oxygen atoms in total. The number of rotatable bonds is 6. The Morgan fingerprint density at radius 1 is 1.35 bits per heavy atom. The Balaban J connectivity index is 1.49. The topological polar surface area (TPSA) is 80.3 Å². The van der Waals surface area contributed by atoms with Crippen LogP contribution < -0.4 is 4.90 Å². The van der Waals surface area contributed by atoms with Crippen molar-refractivity contribution < 1.29 is 9.32 Å². The average Bonchev–Trinajstić information content (AvgIpc) is 3.26. The zero-order valence-corrected chi connectivity index (χ0v) is 16.1. The van der Waals surface area contributed by atoms with Crippen LogP contribution in [0.1, 0.15) is 48.1 Å². The van der Waals surface area contributed by atoms with Gasteiger partial charge < -0.3 is 14.3 Å². The van der Waals surface area contributed by atoms with Gasteiger partial charge in [-0.1, -0.05) is 5.16 Å². The summed E-state index contributed by atoms with van der Waals surface area (Å²) in [5.74, 6) is 1.46. The van der Waals surface area contributed by atoms with Crippen LogP contribution in [0.5, 0.6) is 0 Å². The predicted octanol–water partition coefficient (Wildman–Crippen LogP) is 2.15. The minimum absolute atomic E-state index is 0.106. The smallest absolute Gasteiger partial charge is 0.323 e. The highest BCUT2D eigenvalue weighted by molar-refractivity contribution is 5.95. The Morgan fingerprint density at radius 3 is 2.65 bits per heavy atom. The van der Waals surface area contributed by atoms with Crippen molar-refractivity contribution in [3.05, 3.63) is 23.3 Å². The van der Waals surface area contributed by atoms with E-state index in [4.69, 9.17) is 4.52 Å². The van der Waals surface area contributed by atoms with Crippen molar-refractivity contribution in [2.75, 3.05) is 32.1 Å². The fourth-order valence-corrected chi connectivity index (χ4v) is 3.43. The van der Waals surface area contributed by atoms with E-state index in [9.17, 15) is 4.79 Å². The van der Waals surface area contributed by atoms with Gasteiger partial charge in [0.15, 0.2) is 5.82 Å². The lowest BCUT2D eigenvalue weighted by atomic mass is 9.92. The molecule has 1 fully saturated rings. The number of anilines is 1. The SMILES string of the molecule is CCn1ncc(C(=O)N2CCC(CCc3noc(N(C)C)n3)CC2)c1C. The molecular weight excluding hydrogens is 332 g/mol. The van der Waals surface area contributed by atoms with Crippen molar-refractivity contribution in [1.82, 2.24) is 24.8 Å². The molecule has 0 spiro atoms. The molecule has 2 aromatic rings. The summed E-state index contributed by atoms with van der Waals surface area (Å²) in [5, 5.41) is 8.31. The van der Waals surface area contributed by atoms with Crippen LogP contribution in [0.4, 0.5) is 6.01 Å². The molecule has 26 heavy (non-hydrogen) atoms. The van der Waals surface area contributed by atoms with Gasteiger partial charge >= 0.3 is 6.01 Å². The maximum atomic E-state index is 12.7. The Bertz CT molecular complexity index is 743. The average molecular weight is 360 g/mol. The van der Waals surface area contributed by atoms with E-state index in [0.29, 0.717) is 11.9 Å². The summed E-state index contributed by atoms with van der Waals surface area (Å²) >= 11 is 0. The molecule has 3 rings (SSSR count). The molecule has 0 aromatic carbocycles. The molecule has 1 aliphatic heterocycles. The molecular formula is C18H28N6O2. The second-order valence-corrected chi connectivity index (χ2v) is 7.12. The molecule has 0 saturated carbocycles. The van der Waals surface area contributed by atoms with Crippen molar-refractivity contribution in [3.63, 3.8) is 0 Å². The molecule has 3 heterocycles. The standard InChI is InChI=1S/C18H28N6O2/c1-5-24-13(2)15(12-19-24)17(25)23-10-8-14(9-11-23)6-7-16-20-18(22(3)4)26-21-16/h12,14H,5-11H2,1-4H3. The van der Waals surface area contributed by atoms with Gasteiger partial charge in [0.05, 0.1) is 11.8 Å². The van der Waals surface area contributed by atoms with Crippen LogP contribution >= 0.6 is 0 Å². The van der Waals surface area contributed by atoms with E-state index in [1.807, 2.05) is 42.4 Å². The summed E-state index contributed by atoms with van der Waals surface area (Å²) in [4.78, 5) is 20.9. The third-order valence-corrected chi connectivity index (χ3v) is 5.15. The molecule has 0 atom stereocenters. The van der Waals surface area contributed by atoms with Gasteiger partial charge in [-0.3, -0.25) is 9.48 Å². The fourth-order valence-electron chi connectivity index (χ4n) is 3.43. The first-order valence-electron chi connectivity index (χ1n) is 9.31. The Kier molecular flexibility index (Phi) is 5.58. The van der Waals surface area contributed by atoms with Crippen LogP contribution in [0.25, 0.3) is 0 Å². The largest absolute Gasteiger partial charge is 0.339 e. The normalized spacial score (nSPS) is 15.5. The Labute approximate surface area is 154 Å². The van der Waals surface area contributed by atoms with Gasteiger partial charge in [-0.2, -0.15) is 10.1 Å². The molecule has 1 aliphatic rings. The maximum absolute atomic E-state index is 12.7. The fraction of sp³-hybridized carbons (Fsp3) is 0.667. The van der Waals surface area contributed by atoms with Gasteiger partial charge in [0, 0.05) is 45.8 Å². The highest BCUT2D eigenvalue weighted by Gasteiger charge is 2.26. The highest BCUT2D eigenvalue weighted by atomic mass is 16.5. The highest BCUT2D eigenvalue weighted by Crippen LogP contribution is 2.24. The number of likely N-dealkylation sites (tertiary alicyclic amines) is 1. The van der Waals surface area contributed by atoms with E-state index in [1.54, 1.807) is 6.20 Å². The zero-order valence-electron chi connectivity index (χ0n) is 16.1. The van der Waals surface area contributed by atoms with Crippen LogP contribution in [0.15, 0.2) is 10.7 Å². The second-order valence-electron chi connectivity index (χ2n) is 7.12. The van der Waals surface area contributed by atoms with E-state index in [0.717, 1.165) is 62.4 Å². The summed E-state index contributed by atoms with van der Waals surface area (Å²) in [7, 11) is 3.77. The van der Waals surface area contributed by atoms with Crippen molar-refractivity contribution >= 4 is 11.9 Å². The number of carbonyl (C=O) groups excluding carboxylic acids is 1. The molecule has 0 radical (unpaired) electrons. The first kappa shape index (κ1) is 18.4. The first-order valence-corrected chi connectivity index (χ1v) is 9.31. The van der Waals surface area contributed by atoms with Gasteiger partial charge in [0.2, 0.25) is 0 Å². The lowest BCUT2D eigenvalue weighted by molar-refractivity contribution is 0.0685. The van der Waals surface area contributed by atoms with E-state index in [-0.39, 0.29) is 5.91 Å². The number of aromatic nitrogens is 4. The minimum atomic E-state index is 0.106. The van der Waals surface area contributed by atoms with Crippen molar-refractivity contribution in [2.45, 2.75) is 46.1 Å². The van der Waals surface area contributed by atoms with Gasteiger partial charge in [0.1, 0.15) is 0 Å². The number of amides is 1. The number of carbonyl (C=O) groups is 1. The van der Waals surface area contributed by atoms with E-state index < -0.39 is 0 Å². The molecule has 0 aliphatic carbocycles. The van der Waals surface area contributed by atoms with Crippen LogP contribution in [-0.4, -0.2) is 57.9 Å². The monoisotopic (exact) mass is 360 g/mol. The summed E-state index contributed by atoms with van der Waals surface area (Å²) in [6.45, 7) is 6.38. The van der Waals surface area contributed by atoms with Gasteiger partial charge in [-0.05, 0) is 39.0 Å². The van der Waals surface area contributed by atoms with Gasteiger partial charge in [-0.25, -0.2) is 0 Å². The van der Waals surface area contributed by atoms with Crippen molar-refractivity contribution in [3.8, 4) is 0 Å². The zero-order chi connectivity index (χ0) is 18.7. The van der Waals surface area contributed by atoms with Crippen LogP contribution in [0, 0.1) is 12.8 Å². The third-order valence-electron chi connectivity index (χ3n) is 5.15. The quantitative estimate of drug-likeness (QED) is 0.785. The van der Waals surface area contributed by atoms with Crippen LogP contribution in [-0.2, 0) is 13.0 Å². The molecule has 0 unspecified atom stereocenters. The maximum Gasteiger partial charge on any atom is 0.323 e. The predicted molar refractivity (Wildman–Crippen MR) is 98.2 cm³/mol. The second kappa shape index (κ2) is 7.88. The Hall–Kier alpha value is -2.38. The van der Waals surface area contributed by atoms with Crippen LogP contribution in [0.2, 0.25) is 0 Å². The van der Waals surface area contributed by atoms with Crippen LogP contribution in [0.3, 0.4) is 0 Å². The molecule has 142 valence electrons. The number of piperidine rings is 1. The lowest BCUT2D eigenvalue weighted by Crippen LogP contribution is -2.38. The molecule has 1 amide bonds. The summed E-state index contributed by atoms with van der Waals surface area (Å²) in [6, 6.07) is 0.545. The van der Waals surface area contributed by atoms with E-state index in [2.05, 4.69) is 15.2 Å². The third kappa shape index (κ3) is 3.89. The number of hydrogen-bond donors (Lipinski definition) is 0. The minimum Gasteiger partial charge on any atom is -0.339 e. The van der Waals surface area contributed by atoms with Gasteiger partial charge in [0.25, 0.3) is 5.91 Å². The summed E-state index contributed by atoms with van der Waals surface area (Å²) < 4.78 is 7.06. The molecule has 8 heteroatoms. The molecule has 1 saturated heterocycles. The number of hydrogen-bond acceptors (Lipinski definition) is 6. The van der Waals surface area contributed by atoms with E-state index in [1.165, 1.54) is 0 Å². The lowest BCUT2D eigenvalue weighted by Gasteiger charge is -2.31. The molecule has 0 N–H and O–H groups in total. The number of aryl methyl sites for hydroxylation is 2. The molecule has 0 bridgehead atoms. The molecule has 2 aromatic heterocycles.